The van der Waals surface area contributed by atoms with Crippen LogP contribution in [0.2, 0.25) is 0 Å². The summed E-state index contributed by atoms with van der Waals surface area (Å²) >= 11 is 0. The van der Waals surface area contributed by atoms with Gasteiger partial charge in [0.1, 0.15) is 11.5 Å². The average Bonchev–Trinajstić information content (AvgIpc) is 4.14. The number of aromatic nitrogens is 3. The molecule has 0 radical (unpaired) electrons. The van der Waals surface area contributed by atoms with Gasteiger partial charge in [-0.05, 0) is 102 Å². The van der Waals surface area contributed by atoms with E-state index in [2.05, 4.69) is 283 Å². The van der Waals surface area contributed by atoms with Crippen molar-refractivity contribution < 1.29 is 25.8 Å². The van der Waals surface area contributed by atoms with Gasteiger partial charge in [0.25, 0.3) is 5.69 Å². The van der Waals surface area contributed by atoms with Gasteiger partial charge in [-0.2, -0.15) is 6.07 Å². The van der Waals surface area contributed by atoms with E-state index in [1.54, 1.807) is 0 Å². The van der Waals surface area contributed by atoms with Crippen molar-refractivity contribution in [2.75, 3.05) is 0 Å². The molecular formula is C70H65N5OPt+2. The molecule has 0 aliphatic carbocycles. The molecule has 0 saturated heterocycles. The number of fused-ring (bicyclic) bond motifs is 7. The van der Waals surface area contributed by atoms with Crippen LogP contribution in [0.1, 0.15) is 105 Å². The van der Waals surface area contributed by atoms with E-state index in [1.165, 1.54) is 33.0 Å². The van der Waals surface area contributed by atoms with Crippen LogP contribution in [0, 0.1) is 12.1 Å². The molecule has 0 spiro atoms. The summed E-state index contributed by atoms with van der Waals surface area (Å²) in [5, 5.41) is 4.49. The van der Waals surface area contributed by atoms with Gasteiger partial charge in [-0.15, -0.1) is 18.2 Å². The summed E-state index contributed by atoms with van der Waals surface area (Å²) < 4.78 is 16.3. The number of hydrogen-bond donors (Lipinski definition) is 0. The third-order valence-electron chi connectivity index (χ3n) is 15.2. The van der Waals surface area contributed by atoms with Crippen molar-refractivity contribution in [1.29, 1.82) is 0 Å². The third kappa shape index (κ3) is 9.16. The molecule has 77 heavy (non-hydrogen) atoms. The number of para-hydroxylation sites is 4. The van der Waals surface area contributed by atoms with E-state index in [0.29, 0.717) is 11.5 Å². The number of ether oxygens (including phenoxy) is 1. The molecule has 1 aliphatic heterocycles. The van der Waals surface area contributed by atoms with Gasteiger partial charge in [0.05, 0.1) is 5.56 Å². The zero-order valence-corrected chi connectivity index (χ0v) is 48.5. The van der Waals surface area contributed by atoms with Gasteiger partial charge in [-0.1, -0.05) is 202 Å². The summed E-state index contributed by atoms with van der Waals surface area (Å²) in [6.07, 6.45) is 1.92. The van der Waals surface area contributed by atoms with E-state index >= 15 is 0 Å². The second-order valence-electron chi connectivity index (χ2n) is 24.7. The molecule has 0 bridgehead atoms. The van der Waals surface area contributed by atoms with Crippen LogP contribution in [0.25, 0.3) is 66.2 Å². The van der Waals surface area contributed by atoms with Crippen molar-refractivity contribution in [3.63, 3.8) is 0 Å². The van der Waals surface area contributed by atoms with Gasteiger partial charge in [0.2, 0.25) is 5.69 Å². The fourth-order valence-corrected chi connectivity index (χ4v) is 10.8. The van der Waals surface area contributed by atoms with Crippen molar-refractivity contribution in [2.24, 2.45) is 0 Å². The molecule has 7 heteroatoms. The van der Waals surface area contributed by atoms with Gasteiger partial charge in [-0.3, -0.25) is 0 Å². The number of pyridine rings is 1. The predicted octanol–water partition coefficient (Wildman–Crippen LogP) is 18.4. The molecule has 0 atom stereocenters. The Balaban J connectivity index is 0.00000631. The van der Waals surface area contributed by atoms with E-state index in [4.69, 9.17) is 9.72 Å². The average molecular weight is 1190 g/mol. The van der Waals surface area contributed by atoms with Crippen LogP contribution in [0.15, 0.2) is 176 Å². The zero-order valence-electron chi connectivity index (χ0n) is 46.2. The smallest absolute Gasteiger partial charge is 0.507 e. The van der Waals surface area contributed by atoms with Gasteiger partial charge >= 0.3 is 32.8 Å². The first-order chi connectivity index (χ1) is 36.2. The van der Waals surface area contributed by atoms with Crippen molar-refractivity contribution in [2.45, 2.75) is 105 Å². The van der Waals surface area contributed by atoms with Crippen LogP contribution in [0.5, 0.6) is 11.5 Å². The first kappa shape index (κ1) is 51.5. The first-order valence-corrected chi connectivity index (χ1v) is 26.6. The molecule has 12 rings (SSSR count). The minimum atomic E-state index is -0.0856. The Kier molecular flexibility index (Phi) is 12.6. The predicted molar refractivity (Wildman–Crippen MR) is 318 cm³/mol. The van der Waals surface area contributed by atoms with Gasteiger partial charge in [-0.25, -0.2) is 4.98 Å². The molecular weight excluding hydrogens is 1120 g/mol. The number of rotatable bonds is 7. The van der Waals surface area contributed by atoms with E-state index in [-0.39, 0.29) is 42.7 Å². The van der Waals surface area contributed by atoms with E-state index in [0.717, 1.165) is 78.2 Å². The van der Waals surface area contributed by atoms with Crippen LogP contribution < -0.4 is 13.9 Å². The minimum absolute atomic E-state index is 0. The Morgan fingerprint density at radius 1 is 0.481 bits per heavy atom. The van der Waals surface area contributed by atoms with Crippen LogP contribution in [-0.4, -0.2) is 20.1 Å². The molecule has 6 nitrogen and oxygen atoms in total. The van der Waals surface area contributed by atoms with Gasteiger partial charge in [0, 0.05) is 63.2 Å². The Morgan fingerprint density at radius 2 is 1.04 bits per heavy atom. The Labute approximate surface area is 467 Å². The van der Waals surface area contributed by atoms with E-state index in [9.17, 15) is 0 Å². The van der Waals surface area contributed by atoms with Crippen molar-refractivity contribution >= 4 is 72.4 Å². The normalized spacial score (nSPS) is 13.0. The Hall–Kier alpha value is -7.62. The van der Waals surface area contributed by atoms with Crippen LogP contribution in [0.4, 0.5) is 22.7 Å². The molecule has 0 fully saturated rings. The van der Waals surface area contributed by atoms with Crippen LogP contribution >= 0.6 is 0 Å². The monoisotopic (exact) mass is 1190 g/mol. The maximum Gasteiger partial charge on any atom is 2.00 e. The number of hydrogen-bond acceptors (Lipinski definition) is 2. The fraction of sp³-hybridized carbons (Fsp3) is 0.229. The number of nitrogens with zero attached hydrogens (tertiary/aromatic N) is 5. The van der Waals surface area contributed by atoms with Crippen molar-refractivity contribution in [1.82, 2.24) is 23.3 Å². The maximum absolute atomic E-state index is 7.31. The molecule has 0 N–H and O–H groups in total. The molecule has 0 saturated carbocycles. The second kappa shape index (κ2) is 18.8. The van der Waals surface area contributed by atoms with Crippen LogP contribution in [0.3, 0.4) is 0 Å². The molecule has 0 unspecified atom stereocenters. The summed E-state index contributed by atoms with van der Waals surface area (Å²) in [7, 11) is 0. The minimum Gasteiger partial charge on any atom is -0.507 e. The van der Waals surface area contributed by atoms with Crippen LogP contribution in [-0.2, 0) is 42.7 Å². The van der Waals surface area contributed by atoms with E-state index < -0.39 is 0 Å². The third-order valence-corrected chi connectivity index (χ3v) is 15.2. The van der Waals surface area contributed by atoms with Crippen molar-refractivity contribution in [3.8, 4) is 34.1 Å². The molecule has 1 aliphatic rings. The molecule has 3 aromatic heterocycles. The Morgan fingerprint density at radius 3 is 1.66 bits per heavy atom. The maximum atomic E-state index is 7.31. The molecule has 384 valence electrons. The molecule has 8 aromatic carbocycles. The second-order valence-corrected chi connectivity index (χ2v) is 24.7. The molecule has 4 heterocycles. The standard InChI is InChI=1S/C70H65N5O.Pt/c1-67(2,3)46-23-19-22-45(36-46)53-29-21-33-61-66(53)73(51-38-48(69(7,8)9)37-49(39-51)70(10,11)12)44-72(61)50-24-20-25-52(41-50)76-64-43-62-57(42-63(64)74-58-30-16-13-26-54(58)55-27-14-17-31-59(55)74)56-28-15-18-32-60(56)75(62)65-40-47(34-35-71-65)68(4,5)6;/h13-40,42H,1-12H3;/q;+2. The van der Waals surface area contributed by atoms with Gasteiger partial charge < -0.3 is 13.9 Å². The van der Waals surface area contributed by atoms with Crippen molar-refractivity contribution in [3.05, 3.63) is 210 Å². The number of benzene rings is 8. The van der Waals surface area contributed by atoms with E-state index in [1.807, 2.05) is 12.3 Å². The fourth-order valence-electron chi connectivity index (χ4n) is 10.8. The summed E-state index contributed by atoms with van der Waals surface area (Å²) in [5.74, 6) is 1.94. The first-order valence-electron chi connectivity index (χ1n) is 26.6. The summed E-state index contributed by atoms with van der Waals surface area (Å²) in [6.45, 7) is 27.3. The largest absolute Gasteiger partial charge is 2.00 e. The summed E-state index contributed by atoms with van der Waals surface area (Å²) in [5.41, 5.74) is 15.9. The molecule has 11 aromatic rings. The quantitative estimate of drug-likeness (QED) is 0.118. The topological polar surface area (TPSA) is 38.0 Å². The van der Waals surface area contributed by atoms with Gasteiger partial charge in [0.15, 0.2) is 0 Å². The summed E-state index contributed by atoms with van der Waals surface area (Å²) in [4.78, 5) is 5.01. The molecule has 0 amide bonds. The SMILES string of the molecule is CC(C)(C)c1cccc(-c2cccc3c2[N+](c2cc(C(C)(C)C)cc(C(C)(C)C)c2)=C=[N+]3c2[c-]c(Oc3[c-]c4c(cc3-n3c5ccccc5c5ccccc53)c3ccccc3n4-c3cc(C(C)(C)C)ccn3)ccc2)c1.[Pt+2]. The summed E-state index contributed by atoms with van der Waals surface area (Å²) in [6, 6.07) is 72.8. The Bertz CT molecular complexity index is 4140. The zero-order chi connectivity index (χ0) is 53.1.